The largest absolute Gasteiger partial charge is 0.460 e. The molecule has 0 radical (unpaired) electrons. The second-order valence-corrected chi connectivity index (χ2v) is 1.66. The zero-order chi connectivity index (χ0) is 11.4. The van der Waals surface area contributed by atoms with Crippen LogP contribution < -0.4 is 0 Å². The average molecular weight is 200 g/mol. The predicted molar refractivity (Wildman–Crippen MR) is 57.2 cm³/mol. The van der Waals surface area contributed by atoms with Crippen molar-refractivity contribution in [3.63, 3.8) is 0 Å². The van der Waals surface area contributed by atoms with E-state index in [0.29, 0.717) is 6.61 Å². The quantitative estimate of drug-likeness (QED) is 0.747. The minimum Gasteiger partial charge on any atom is -0.460 e. The summed E-state index contributed by atoms with van der Waals surface area (Å²) < 4.78 is 4.65. The second-order valence-electron chi connectivity index (χ2n) is 1.66. The number of esters is 1. The number of hydrogen-bond acceptors (Lipinski definition) is 3. The summed E-state index contributed by atoms with van der Waals surface area (Å²) in [5.41, 5.74) is 0. The Labute approximate surface area is 85.7 Å². The Morgan fingerprint density at radius 3 is 2.36 bits per heavy atom. The summed E-state index contributed by atoms with van der Waals surface area (Å²) in [7, 11) is 0. The van der Waals surface area contributed by atoms with Crippen LogP contribution in [0.15, 0.2) is 12.4 Å². The summed E-state index contributed by atoms with van der Waals surface area (Å²) in [6.45, 7) is 10.1. The van der Waals surface area contributed by atoms with Crippen LogP contribution in [0.1, 0.15) is 45.2 Å². The standard InChI is InChI=1S/C6H8N2O2.2C2H6/c1-2-10-6(9)5-7-3-4-8-5;2*1-2/h3-4H,2H2,1H3,(H,7,8);2*1-2H3. The van der Waals surface area contributed by atoms with Crippen molar-refractivity contribution in [2.75, 3.05) is 6.61 Å². The van der Waals surface area contributed by atoms with Gasteiger partial charge in [0, 0.05) is 12.4 Å². The number of rotatable bonds is 2. The van der Waals surface area contributed by atoms with Crippen LogP contribution in [-0.4, -0.2) is 22.5 Å². The van der Waals surface area contributed by atoms with Crippen molar-refractivity contribution in [1.82, 2.24) is 9.97 Å². The van der Waals surface area contributed by atoms with Gasteiger partial charge in [-0.3, -0.25) is 0 Å². The normalized spacial score (nSPS) is 7.50. The summed E-state index contributed by atoms with van der Waals surface area (Å²) in [5, 5.41) is 0. The number of hydrogen-bond donors (Lipinski definition) is 1. The molecule has 0 spiro atoms. The molecule has 4 heteroatoms. The summed E-state index contributed by atoms with van der Waals surface area (Å²) in [6.07, 6.45) is 3.08. The number of carbonyl (C=O) groups is 1. The number of ether oxygens (including phenoxy) is 1. The number of nitrogens with zero attached hydrogens (tertiary/aromatic N) is 1. The van der Waals surface area contributed by atoms with Gasteiger partial charge in [0.05, 0.1) is 6.61 Å². The van der Waals surface area contributed by atoms with Crippen LogP contribution in [0.2, 0.25) is 0 Å². The predicted octanol–water partition coefficient (Wildman–Crippen LogP) is 2.64. The fourth-order valence-corrected chi connectivity index (χ4v) is 0.576. The molecule has 0 amide bonds. The Hall–Kier alpha value is -1.32. The van der Waals surface area contributed by atoms with Crippen molar-refractivity contribution in [2.24, 2.45) is 0 Å². The van der Waals surface area contributed by atoms with Crippen LogP contribution in [-0.2, 0) is 4.74 Å². The smallest absolute Gasteiger partial charge is 0.374 e. The van der Waals surface area contributed by atoms with Crippen LogP contribution >= 0.6 is 0 Å². The number of aromatic nitrogens is 2. The Morgan fingerprint density at radius 2 is 2.00 bits per heavy atom. The third-order valence-corrected chi connectivity index (χ3v) is 0.967. The minimum absolute atomic E-state index is 0.252. The molecule has 0 atom stereocenters. The molecule has 0 aliphatic rings. The molecule has 0 aromatic carbocycles. The van der Waals surface area contributed by atoms with E-state index in [1.807, 2.05) is 27.7 Å². The van der Waals surface area contributed by atoms with Crippen molar-refractivity contribution in [3.05, 3.63) is 18.2 Å². The maximum absolute atomic E-state index is 10.8. The second kappa shape index (κ2) is 11.7. The first-order chi connectivity index (χ1) is 6.84. The SMILES string of the molecule is CC.CC.CCOC(=O)c1ncc[nH]1. The fraction of sp³-hybridized carbons (Fsp3) is 0.600. The number of nitrogens with one attached hydrogen (secondary N) is 1. The molecule has 82 valence electrons. The van der Waals surface area contributed by atoms with Gasteiger partial charge >= 0.3 is 5.97 Å². The molecule has 0 saturated heterocycles. The van der Waals surface area contributed by atoms with E-state index in [0.717, 1.165) is 0 Å². The highest BCUT2D eigenvalue weighted by Gasteiger charge is 2.06. The number of aromatic amines is 1. The third-order valence-electron chi connectivity index (χ3n) is 0.967. The molecule has 0 saturated carbocycles. The Bertz CT molecular complexity index is 208. The molecule has 1 heterocycles. The van der Waals surface area contributed by atoms with E-state index in [9.17, 15) is 4.79 Å². The lowest BCUT2D eigenvalue weighted by Crippen LogP contribution is -2.06. The zero-order valence-electron chi connectivity index (χ0n) is 9.63. The van der Waals surface area contributed by atoms with Gasteiger partial charge < -0.3 is 9.72 Å². The van der Waals surface area contributed by atoms with Gasteiger partial charge in [-0.25, -0.2) is 9.78 Å². The molecular weight excluding hydrogens is 180 g/mol. The van der Waals surface area contributed by atoms with Gasteiger partial charge in [0.1, 0.15) is 0 Å². The van der Waals surface area contributed by atoms with Gasteiger partial charge in [0.15, 0.2) is 0 Å². The van der Waals surface area contributed by atoms with E-state index in [1.165, 1.54) is 6.20 Å². The van der Waals surface area contributed by atoms with Gasteiger partial charge in [-0.15, -0.1) is 0 Å². The van der Waals surface area contributed by atoms with Gasteiger partial charge in [-0.05, 0) is 6.92 Å². The highest BCUT2D eigenvalue weighted by Crippen LogP contribution is 1.91. The van der Waals surface area contributed by atoms with Gasteiger partial charge in [0.25, 0.3) is 0 Å². The third kappa shape index (κ3) is 6.22. The Kier molecular flexibility index (Phi) is 12.7. The molecule has 1 aromatic heterocycles. The number of H-pyrrole nitrogens is 1. The van der Waals surface area contributed by atoms with Crippen molar-refractivity contribution in [1.29, 1.82) is 0 Å². The lowest BCUT2D eigenvalue weighted by molar-refractivity contribution is 0.0513. The van der Waals surface area contributed by atoms with Gasteiger partial charge in [-0.2, -0.15) is 0 Å². The molecule has 0 aliphatic heterocycles. The molecule has 1 aromatic rings. The molecule has 0 unspecified atom stereocenters. The lowest BCUT2D eigenvalue weighted by atomic mass is 10.6. The Balaban J connectivity index is 0. The first kappa shape index (κ1) is 15.2. The molecule has 1 rings (SSSR count). The van der Waals surface area contributed by atoms with E-state index in [2.05, 4.69) is 14.7 Å². The van der Waals surface area contributed by atoms with Crippen LogP contribution in [0, 0.1) is 0 Å². The van der Waals surface area contributed by atoms with E-state index < -0.39 is 5.97 Å². The molecule has 1 N–H and O–H groups in total. The summed E-state index contributed by atoms with van der Waals surface area (Å²) in [6, 6.07) is 0. The fourth-order valence-electron chi connectivity index (χ4n) is 0.576. The maximum Gasteiger partial charge on any atom is 0.374 e. The van der Waals surface area contributed by atoms with E-state index in [-0.39, 0.29) is 5.82 Å². The van der Waals surface area contributed by atoms with E-state index in [1.54, 1.807) is 13.1 Å². The monoisotopic (exact) mass is 200 g/mol. The molecule has 0 bridgehead atoms. The first-order valence-corrected chi connectivity index (χ1v) is 5.01. The molecule has 14 heavy (non-hydrogen) atoms. The van der Waals surface area contributed by atoms with Crippen LogP contribution in [0.4, 0.5) is 0 Å². The van der Waals surface area contributed by atoms with Gasteiger partial charge in [-0.1, -0.05) is 27.7 Å². The molecule has 0 fully saturated rings. The molecule has 4 nitrogen and oxygen atoms in total. The first-order valence-electron chi connectivity index (χ1n) is 5.01. The minimum atomic E-state index is -0.410. The van der Waals surface area contributed by atoms with Crippen molar-refractivity contribution in [3.8, 4) is 0 Å². The van der Waals surface area contributed by atoms with Gasteiger partial charge in [0.2, 0.25) is 5.82 Å². The highest BCUT2D eigenvalue weighted by molar-refractivity contribution is 5.84. The van der Waals surface area contributed by atoms with E-state index >= 15 is 0 Å². The number of imidazole rings is 1. The summed E-state index contributed by atoms with van der Waals surface area (Å²) in [4.78, 5) is 17.1. The molecule has 0 aliphatic carbocycles. The molecular formula is C10H20N2O2. The van der Waals surface area contributed by atoms with Crippen LogP contribution in [0.5, 0.6) is 0 Å². The lowest BCUT2D eigenvalue weighted by Gasteiger charge is -1.95. The van der Waals surface area contributed by atoms with Crippen molar-refractivity contribution < 1.29 is 9.53 Å². The topological polar surface area (TPSA) is 55.0 Å². The van der Waals surface area contributed by atoms with E-state index in [4.69, 9.17) is 0 Å². The van der Waals surface area contributed by atoms with Crippen molar-refractivity contribution in [2.45, 2.75) is 34.6 Å². The summed E-state index contributed by atoms with van der Waals surface area (Å²) >= 11 is 0. The summed E-state index contributed by atoms with van der Waals surface area (Å²) in [5.74, 6) is -0.158. The van der Waals surface area contributed by atoms with Crippen LogP contribution in [0.3, 0.4) is 0 Å². The highest BCUT2D eigenvalue weighted by atomic mass is 16.5. The maximum atomic E-state index is 10.8. The van der Waals surface area contributed by atoms with Crippen molar-refractivity contribution >= 4 is 5.97 Å². The zero-order valence-corrected chi connectivity index (χ0v) is 9.63. The number of carbonyl (C=O) groups excluding carboxylic acids is 1. The average Bonchev–Trinajstić information content (AvgIpc) is 2.77. The Morgan fingerprint density at radius 1 is 1.43 bits per heavy atom. The van der Waals surface area contributed by atoms with Crippen LogP contribution in [0.25, 0.3) is 0 Å².